The van der Waals surface area contributed by atoms with Crippen LogP contribution in [0.4, 0.5) is 0 Å². The van der Waals surface area contributed by atoms with Crippen LogP contribution in [-0.2, 0) is 0 Å². The Morgan fingerprint density at radius 2 is 2.00 bits per heavy atom. The molecule has 0 spiro atoms. The Bertz CT molecular complexity index is 763. The highest BCUT2D eigenvalue weighted by Gasteiger charge is 2.15. The van der Waals surface area contributed by atoms with Gasteiger partial charge in [0.1, 0.15) is 0 Å². The Hall–Kier alpha value is -1.82. The number of rotatable bonds is 1. The molecule has 0 fully saturated rings. The van der Waals surface area contributed by atoms with Crippen molar-refractivity contribution in [2.45, 2.75) is 32.6 Å². The summed E-state index contributed by atoms with van der Waals surface area (Å²) in [7, 11) is 0. The summed E-state index contributed by atoms with van der Waals surface area (Å²) in [5.74, 6) is 0.630. The topological polar surface area (TPSA) is 0 Å². The molecule has 0 nitrogen and oxygen atoms in total. The number of hydrogen-bond donors (Lipinski definition) is 0. The molecule has 0 saturated heterocycles. The molecule has 2 aromatic rings. The normalized spacial score (nSPS) is 18.5. The maximum Gasteiger partial charge on any atom is -0.00707 e. The Morgan fingerprint density at radius 1 is 1.21 bits per heavy atom. The minimum absolute atomic E-state index is 0.630. The third-order valence-corrected chi connectivity index (χ3v) is 4.21. The lowest BCUT2D eigenvalue weighted by molar-refractivity contribution is 0.688. The van der Waals surface area contributed by atoms with Gasteiger partial charge in [-0.15, -0.1) is 0 Å². The lowest BCUT2D eigenvalue weighted by Gasteiger charge is -2.20. The minimum atomic E-state index is 0.630. The fraction of sp³-hybridized carbons (Fsp3) is 0.263. The Morgan fingerprint density at radius 3 is 2.79 bits per heavy atom. The van der Waals surface area contributed by atoms with Crippen LogP contribution in [0.2, 0.25) is 0 Å². The first-order chi connectivity index (χ1) is 9.22. The summed E-state index contributed by atoms with van der Waals surface area (Å²) in [5.41, 5.74) is 2.74. The molecule has 0 amide bonds. The van der Waals surface area contributed by atoms with E-state index in [2.05, 4.69) is 62.9 Å². The molecule has 1 aliphatic carbocycles. The van der Waals surface area contributed by atoms with Crippen LogP contribution in [0.1, 0.15) is 43.7 Å². The van der Waals surface area contributed by atoms with Crippen LogP contribution in [0.3, 0.4) is 0 Å². The molecule has 3 rings (SSSR count). The van der Waals surface area contributed by atoms with Crippen molar-refractivity contribution in [1.82, 2.24) is 0 Å². The van der Waals surface area contributed by atoms with E-state index in [0.717, 1.165) is 0 Å². The fourth-order valence-corrected chi connectivity index (χ4v) is 3.23. The molecule has 0 radical (unpaired) electrons. The lowest BCUT2D eigenvalue weighted by Crippen LogP contribution is -2.20. The molecule has 1 atom stereocenters. The predicted molar refractivity (Wildman–Crippen MR) is 85.5 cm³/mol. The van der Waals surface area contributed by atoms with Crippen molar-refractivity contribution in [3.05, 3.63) is 51.9 Å². The van der Waals surface area contributed by atoms with Crippen molar-refractivity contribution in [3.63, 3.8) is 0 Å². The van der Waals surface area contributed by atoms with Crippen molar-refractivity contribution in [2.75, 3.05) is 0 Å². The molecule has 19 heavy (non-hydrogen) atoms. The average Bonchev–Trinajstić information content (AvgIpc) is 2.42. The van der Waals surface area contributed by atoms with Crippen molar-refractivity contribution < 1.29 is 0 Å². The number of fused-ring (bicyclic) bond motifs is 3. The molecule has 0 saturated carbocycles. The summed E-state index contributed by atoms with van der Waals surface area (Å²) in [5, 5.41) is 5.28. The van der Waals surface area contributed by atoms with E-state index in [4.69, 9.17) is 0 Å². The van der Waals surface area contributed by atoms with E-state index < -0.39 is 0 Å². The fourth-order valence-electron chi connectivity index (χ4n) is 3.23. The van der Waals surface area contributed by atoms with E-state index in [1.807, 2.05) is 0 Å². The van der Waals surface area contributed by atoms with E-state index in [1.165, 1.54) is 45.2 Å². The third-order valence-electron chi connectivity index (χ3n) is 4.21. The van der Waals surface area contributed by atoms with Gasteiger partial charge in [0, 0.05) is 0 Å². The van der Waals surface area contributed by atoms with Crippen LogP contribution >= 0.6 is 0 Å². The third kappa shape index (κ3) is 1.92. The molecule has 1 aliphatic rings. The smallest absolute Gasteiger partial charge is 0.00707 e. The van der Waals surface area contributed by atoms with E-state index in [1.54, 1.807) is 0 Å². The number of benzene rings is 2. The van der Waals surface area contributed by atoms with Crippen LogP contribution < -0.4 is 10.4 Å². The second-order valence-corrected chi connectivity index (χ2v) is 5.48. The second-order valence-electron chi connectivity index (χ2n) is 5.48. The van der Waals surface area contributed by atoms with Gasteiger partial charge in [-0.05, 0) is 58.0 Å². The standard InChI is InChI=1S/C19H20/c1-4-6-15-9-10-17-12-11-16-8-5-7-13(2)18(16)19(17)14(15)3/h4,6,8-13H,3,5,7H2,1-2H3/b6-4-. The number of hydrogen-bond acceptors (Lipinski definition) is 0. The van der Waals surface area contributed by atoms with Crippen LogP contribution in [0, 0.1) is 0 Å². The summed E-state index contributed by atoms with van der Waals surface area (Å²) in [6.45, 7) is 8.74. The molecule has 0 bridgehead atoms. The highest BCUT2D eigenvalue weighted by molar-refractivity contribution is 5.89. The van der Waals surface area contributed by atoms with Crippen molar-refractivity contribution in [3.8, 4) is 0 Å². The molecule has 0 N–H and O–H groups in total. The zero-order valence-electron chi connectivity index (χ0n) is 11.7. The van der Waals surface area contributed by atoms with Crippen LogP contribution in [0.5, 0.6) is 0 Å². The van der Waals surface area contributed by atoms with Gasteiger partial charge in [-0.3, -0.25) is 0 Å². The maximum absolute atomic E-state index is 4.34. The van der Waals surface area contributed by atoms with Gasteiger partial charge in [0.05, 0.1) is 0 Å². The summed E-state index contributed by atoms with van der Waals surface area (Å²) >= 11 is 0. The first-order valence-corrected chi connectivity index (χ1v) is 7.10. The van der Waals surface area contributed by atoms with Crippen LogP contribution in [0.15, 0.2) is 30.3 Å². The van der Waals surface area contributed by atoms with Crippen molar-refractivity contribution >= 4 is 29.5 Å². The van der Waals surface area contributed by atoms with Crippen molar-refractivity contribution in [2.24, 2.45) is 0 Å². The van der Waals surface area contributed by atoms with Gasteiger partial charge in [0.15, 0.2) is 0 Å². The van der Waals surface area contributed by atoms with Gasteiger partial charge in [-0.1, -0.05) is 56.0 Å². The van der Waals surface area contributed by atoms with Crippen LogP contribution in [-0.4, -0.2) is 0 Å². The second kappa shape index (κ2) is 4.70. The molecule has 2 aromatic carbocycles. The molecular weight excluding hydrogens is 228 g/mol. The molecule has 0 heterocycles. The SMILES string of the molecule is C=c1c(/C=C\C)ccc2ccc3c(c12)C(C)CCC=3. The van der Waals surface area contributed by atoms with Gasteiger partial charge >= 0.3 is 0 Å². The summed E-state index contributed by atoms with van der Waals surface area (Å²) < 4.78 is 0. The zero-order valence-corrected chi connectivity index (χ0v) is 11.7. The van der Waals surface area contributed by atoms with Gasteiger partial charge in [0.25, 0.3) is 0 Å². The highest BCUT2D eigenvalue weighted by Crippen LogP contribution is 2.27. The van der Waals surface area contributed by atoms with Crippen LogP contribution in [0.25, 0.3) is 29.5 Å². The number of allylic oxidation sites excluding steroid dienone is 1. The van der Waals surface area contributed by atoms with E-state index in [9.17, 15) is 0 Å². The first-order valence-electron chi connectivity index (χ1n) is 7.10. The van der Waals surface area contributed by atoms with Gasteiger partial charge in [-0.2, -0.15) is 0 Å². The van der Waals surface area contributed by atoms with Gasteiger partial charge in [0.2, 0.25) is 0 Å². The van der Waals surface area contributed by atoms with Gasteiger partial charge < -0.3 is 0 Å². The molecule has 96 valence electrons. The molecule has 1 unspecified atom stereocenters. The van der Waals surface area contributed by atoms with E-state index in [0.29, 0.717) is 5.92 Å². The van der Waals surface area contributed by atoms with E-state index >= 15 is 0 Å². The summed E-state index contributed by atoms with van der Waals surface area (Å²) in [6.07, 6.45) is 9.05. The minimum Gasteiger partial charge on any atom is -0.0905 e. The summed E-state index contributed by atoms with van der Waals surface area (Å²) in [6, 6.07) is 8.90. The monoisotopic (exact) mass is 248 g/mol. The molecular formula is C19H20. The Labute approximate surface area is 114 Å². The zero-order chi connectivity index (χ0) is 13.4. The highest BCUT2D eigenvalue weighted by atomic mass is 14.2. The molecule has 0 aromatic heterocycles. The average molecular weight is 248 g/mol. The summed E-state index contributed by atoms with van der Waals surface area (Å²) in [4.78, 5) is 0. The lowest BCUT2D eigenvalue weighted by atomic mass is 9.85. The Kier molecular flexibility index (Phi) is 3.02. The molecule has 0 heteroatoms. The van der Waals surface area contributed by atoms with E-state index in [-0.39, 0.29) is 0 Å². The largest absolute Gasteiger partial charge is 0.0905 e. The Balaban J connectivity index is 2.48. The quantitative estimate of drug-likeness (QED) is 0.716. The predicted octanol–water partition coefficient (Wildman–Crippen LogP) is 3.96. The van der Waals surface area contributed by atoms with Crippen molar-refractivity contribution in [1.29, 1.82) is 0 Å². The maximum atomic E-state index is 4.34. The van der Waals surface area contributed by atoms with Gasteiger partial charge in [-0.25, -0.2) is 0 Å². The first kappa shape index (κ1) is 12.2. The molecule has 0 aliphatic heterocycles.